The summed E-state index contributed by atoms with van der Waals surface area (Å²) in [6.07, 6.45) is -4.85. The lowest BCUT2D eigenvalue weighted by Gasteiger charge is -2.12. The number of aromatic hydroxyl groups is 1. The molecular weight excluding hydrogens is 253 g/mol. The van der Waals surface area contributed by atoms with Crippen LogP contribution in [0.15, 0.2) is 18.2 Å². The van der Waals surface area contributed by atoms with Crippen LogP contribution in [0.2, 0.25) is 0 Å². The van der Waals surface area contributed by atoms with Crippen LogP contribution in [0.4, 0.5) is 13.2 Å². The molecule has 0 aliphatic heterocycles. The van der Waals surface area contributed by atoms with Crippen LogP contribution in [0.5, 0.6) is 5.75 Å². The van der Waals surface area contributed by atoms with Crippen molar-refractivity contribution in [1.29, 1.82) is 0 Å². The highest BCUT2D eigenvalue weighted by Crippen LogP contribution is 2.35. The zero-order valence-electron chi connectivity index (χ0n) is 9.25. The third-order valence-electron chi connectivity index (χ3n) is 2.04. The first-order chi connectivity index (χ1) is 8.29. The van der Waals surface area contributed by atoms with Gasteiger partial charge >= 0.3 is 12.1 Å². The number of alkyl halides is 3. The molecule has 4 nitrogen and oxygen atoms in total. The lowest BCUT2D eigenvalue weighted by Crippen LogP contribution is -2.22. The van der Waals surface area contributed by atoms with E-state index < -0.39 is 34.8 Å². The van der Waals surface area contributed by atoms with Crippen molar-refractivity contribution in [3.63, 3.8) is 0 Å². The Morgan fingerprint density at radius 2 is 1.94 bits per heavy atom. The molecule has 0 unspecified atom stereocenters. The van der Waals surface area contributed by atoms with Gasteiger partial charge in [-0.3, -0.25) is 4.79 Å². The maximum atomic E-state index is 12.6. The summed E-state index contributed by atoms with van der Waals surface area (Å²) in [5.41, 5.74) is -2.47. The summed E-state index contributed by atoms with van der Waals surface area (Å²) in [6, 6.07) is 2.42. The van der Waals surface area contributed by atoms with E-state index in [0.29, 0.717) is 6.07 Å². The van der Waals surface area contributed by atoms with Gasteiger partial charge in [0.2, 0.25) is 0 Å². The van der Waals surface area contributed by atoms with Crippen molar-refractivity contribution in [1.82, 2.24) is 0 Å². The Morgan fingerprint density at radius 1 is 1.33 bits per heavy atom. The molecule has 0 aliphatic rings. The van der Waals surface area contributed by atoms with Crippen molar-refractivity contribution in [3.05, 3.63) is 29.3 Å². The van der Waals surface area contributed by atoms with Crippen LogP contribution in [0.3, 0.4) is 0 Å². The standard InChI is InChI=1S/C11H9F3O4/c1-2-18-10(17)9(16)8-6(11(12,13)14)4-3-5-7(8)15/h3-5,15H,2H2,1H3. The fourth-order valence-corrected chi connectivity index (χ4v) is 1.31. The number of carbonyl (C=O) groups is 2. The topological polar surface area (TPSA) is 63.6 Å². The minimum Gasteiger partial charge on any atom is -0.507 e. The minimum absolute atomic E-state index is 0.153. The quantitative estimate of drug-likeness (QED) is 0.515. The molecule has 0 spiro atoms. The van der Waals surface area contributed by atoms with Gasteiger partial charge in [0, 0.05) is 0 Å². The molecule has 98 valence electrons. The second-order valence-corrected chi connectivity index (χ2v) is 3.25. The fourth-order valence-electron chi connectivity index (χ4n) is 1.31. The van der Waals surface area contributed by atoms with Crippen molar-refractivity contribution >= 4 is 11.8 Å². The number of phenols is 1. The van der Waals surface area contributed by atoms with E-state index >= 15 is 0 Å². The molecule has 0 saturated heterocycles. The first-order valence-electron chi connectivity index (χ1n) is 4.89. The molecule has 0 aliphatic carbocycles. The zero-order valence-corrected chi connectivity index (χ0v) is 9.25. The Bertz CT molecular complexity index is 480. The number of benzene rings is 1. The van der Waals surface area contributed by atoms with Crippen LogP contribution in [-0.2, 0) is 15.7 Å². The van der Waals surface area contributed by atoms with Crippen LogP contribution in [-0.4, -0.2) is 23.5 Å². The number of carbonyl (C=O) groups excluding carboxylic acids is 2. The van der Waals surface area contributed by atoms with E-state index in [1.807, 2.05) is 0 Å². The van der Waals surface area contributed by atoms with Gasteiger partial charge in [0.15, 0.2) is 0 Å². The molecular formula is C11H9F3O4. The summed E-state index contributed by atoms with van der Waals surface area (Å²) in [7, 11) is 0. The Labute approximate surface area is 100.0 Å². The second kappa shape index (κ2) is 5.07. The molecule has 18 heavy (non-hydrogen) atoms. The Morgan fingerprint density at radius 3 is 2.44 bits per heavy atom. The number of hydrogen-bond acceptors (Lipinski definition) is 4. The van der Waals surface area contributed by atoms with E-state index in [9.17, 15) is 27.9 Å². The van der Waals surface area contributed by atoms with Gasteiger partial charge in [-0.05, 0) is 19.1 Å². The third kappa shape index (κ3) is 2.79. The van der Waals surface area contributed by atoms with Gasteiger partial charge in [-0.1, -0.05) is 6.07 Å². The van der Waals surface area contributed by atoms with Crippen molar-refractivity contribution in [2.24, 2.45) is 0 Å². The molecule has 0 saturated carbocycles. The van der Waals surface area contributed by atoms with E-state index in [1.54, 1.807) is 0 Å². The molecule has 0 atom stereocenters. The molecule has 7 heteroatoms. The number of phenolic OH excluding ortho intramolecular Hbond substituents is 1. The molecule has 0 bridgehead atoms. The van der Waals surface area contributed by atoms with Crippen LogP contribution in [0.1, 0.15) is 22.8 Å². The first-order valence-corrected chi connectivity index (χ1v) is 4.89. The highest BCUT2D eigenvalue weighted by molar-refractivity contribution is 6.41. The van der Waals surface area contributed by atoms with E-state index in [4.69, 9.17) is 0 Å². The fraction of sp³-hybridized carbons (Fsp3) is 0.273. The van der Waals surface area contributed by atoms with Crippen molar-refractivity contribution in [3.8, 4) is 5.75 Å². The molecule has 0 amide bonds. The molecule has 0 heterocycles. The molecule has 1 N–H and O–H groups in total. The summed E-state index contributed by atoms with van der Waals surface area (Å²) in [5, 5.41) is 9.31. The maximum absolute atomic E-state index is 12.6. The van der Waals surface area contributed by atoms with Gasteiger partial charge in [0.25, 0.3) is 5.78 Å². The summed E-state index contributed by atoms with van der Waals surface area (Å²) in [6.45, 7) is 1.25. The van der Waals surface area contributed by atoms with Gasteiger partial charge in [0.05, 0.1) is 17.7 Å². The number of rotatable bonds is 3. The van der Waals surface area contributed by atoms with Crippen molar-refractivity contribution in [2.75, 3.05) is 6.61 Å². The Kier molecular flexibility index (Phi) is 3.95. The number of esters is 1. The summed E-state index contributed by atoms with van der Waals surface area (Å²) in [5.74, 6) is -3.88. The van der Waals surface area contributed by atoms with Gasteiger partial charge in [-0.25, -0.2) is 4.79 Å². The highest BCUT2D eigenvalue weighted by Gasteiger charge is 2.38. The number of Topliss-reactive ketones (excluding diaryl/α,β-unsaturated/α-hetero) is 1. The first kappa shape index (κ1) is 14.0. The zero-order chi connectivity index (χ0) is 13.9. The lowest BCUT2D eigenvalue weighted by molar-refractivity contribution is -0.139. The average Bonchev–Trinajstić information content (AvgIpc) is 2.27. The van der Waals surface area contributed by atoms with Crippen LogP contribution >= 0.6 is 0 Å². The van der Waals surface area contributed by atoms with Crippen LogP contribution in [0, 0.1) is 0 Å². The number of ketones is 1. The summed E-state index contributed by atoms with van der Waals surface area (Å²) in [4.78, 5) is 22.6. The Balaban J connectivity index is 3.31. The van der Waals surface area contributed by atoms with Gasteiger partial charge < -0.3 is 9.84 Å². The van der Waals surface area contributed by atoms with E-state index in [1.165, 1.54) is 6.92 Å². The van der Waals surface area contributed by atoms with Crippen molar-refractivity contribution in [2.45, 2.75) is 13.1 Å². The molecule has 0 fully saturated rings. The predicted octanol–water partition coefficient (Wildman–Crippen LogP) is 2.16. The normalized spacial score (nSPS) is 11.1. The highest BCUT2D eigenvalue weighted by atomic mass is 19.4. The third-order valence-corrected chi connectivity index (χ3v) is 2.04. The predicted molar refractivity (Wildman–Crippen MR) is 54.1 cm³/mol. The minimum atomic E-state index is -4.85. The largest absolute Gasteiger partial charge is 0.507 e. The number of halogens is 3. The molecule has 1 aromatic carbocycles. The summed E-state index contributed by atoms with van der Waals surface area (Å²) < 4.78 is 42.2. The summed E-state index contributed by atoms with van der Waals surface area (Å²) >= 11 is 0. The number of ether oxygens (including phenoxy) is 1. The van der Waals surface area contributed by atoms with Gasteiger partial charge in [-0.15, -0.1) is 0 Å². The second-order valence-electron chi connectivity index (χ2n) is 3.25. The number of hydrogen-bond donors (Lipinski definition) is 1. The Hall–Kier alpha value is -2.05. The average molecular weight is 262 g/mol. The maximum Gasteiger partial charge on any atom is 0.417 e. The lowest BCUT2D eigenvalue weighted by atomic mass is 10.0. The molecule has 1 rings (SSSR count). The smallest absolute Gasteiger partial charge is 0.417 e. The van der Waals surface area contributed by atoms with E-state index in [0.717, 1.165) is 12.1 Å². The van der Waals surface area contributed by atoms with Gasteiger partial charge in [-0.2, -0.15) is 13.2 Å². The molecule has 1 aromatic rings. The van der Waals surface area contributed by atoms with Gasteiger partial charge in [0.1, 0.15) is 5.75 Å². The monoisotopic (exact) mass is 262 g/mol. The van der Waals surface area contributed by atoms with E-state index in [2.05, 4.69) is 4.74 Å². The molecule has 0 radical (unpaired) electrons. The van der Waals surface area contributed by atoms with E-state index in [-0.39, 0.29) is 6.61 Å². The SMILES string of the molecule is CCOC(=O)C(=O)c1c(O)cccc1C(F)(F)F. The molecule has 0 aromatic heterocycles. The van der Waals surface area contributed by atoms with Crippen LogP contribution in [0.25, 0.3) is 0 Å². The van der Waals surface area contributed by atoms with Crippen molar-refractivity contribution < 1.29 is 32.6 Å². The van der Waals surface area contributed by atoms with Crippen LogP contribution < -0.4 is 0 Å².